The van der Waals surface area contributed by atoms with Crippen LogP contribution in [-0.4, -0.2) is 27.7 Å². The monoisotopic (exact) mass is 296 g/mol. The zero-order valence-corrected chi connectivity index (χ0v) is 11.8. The third kappa shape index (κ3) is 3.35. The average Bonchev–Trinajstić information content (AvgIpc) is 2.97. The van der Waals surface area contributed by atoms with Crippen molar-refractivity contribution in [1.29, 1.82) is 0 Å². The SMILES string of the molecule is O=C(NCCc1ccc(O)cc1)Nc1ccc2nc[nH]c2c1. The lowest BCUT2D eigenvalue weighted by Gasteiger charge is -2.08. The molecule has 0 saturated carbocycles. The van der Waals surface area contributed by atoms with E-state index in [1.807, 2.05) is 30.3 Å². The summed E-state index contributed by atoms with van der Waals surface area (Å²) in [5.74, 6) is 0.239. The van der Waals surface area contributed by atoms with Crippen LogP contribution in [0.5, 0.6) is 5.75 Å². The number of phenolic OH excluding ortho intramolecular Hbond substituents is 1. The zero-order chi connectivity index (χ0) is 15.4. The van der Waals surface area contributed by atoms with Gasteiger partial charge in [-0.2, -0.15) is 0 Å². The lowest BCUT2D eigenvalue weighted by atomic mass is 10.1. The number of carbonyl (C=O) groups is 1. The molecule has 0 saturated heterocycles. The zero-order valence-electron chi connectivity index (χ0n) is 11.8. The Labute approximate surface area is 127 Å². The summed E-state index contributed by atoms with van der Waals surface area (Å²) in [6.07, 6.45) is 2.32. The van der Waals surface area contributed by atoms with Gasteiger partial charge in [-0.3, -0.25) is 0 Å². The van der Waals surface area contributed by atoms with Gasteiger partial charge in [-0.25, -0.2) is 9.78 Å². The smallest absolute Gasteiger partial charge is 0.319 e. The van der Waals surface area contributed by atoms with E-state index in [2.05, 4.69) is 20.6 Å². The number of urea groups is 1. The molecule has 0 fully saturated rings. The van der Waals surface area contributed by atoms with Crippen molar-refractivity contribution in [3.05, 3.63) is 54.4 Å². The molecular weight excluding hydrogens is 280 g/mol. The highest BCUT2D eigenvalue weighted by atomic mass is 16.3. The Kier molecular flexibility index (Phi) is 3.91. The third-order valence-corrected chi connectivity index (χ3v) is 3.31. The first-order valence-electron chi connectivity index (χ1n) is 6.96. The summed E-state index contributed by atoms with van der Waals surface area (Å²) in [6, 6.07) is 12.2. The number of imidazole rings is 1. The first kappa shape index (κ1) is 13.9. The van der Waals surface area contributed by atoms with Gasteiger partial charge in [0.15, 0.2) is 0 Å². The molecule has 0 bridgehead atoms. The number of aromatic hydroxyl groups is 1. The molecule has 3 aromatic rings. The Hall–Kier alpha value is -3.02. The van der Waals surface area contributed by atoms with Gasteiger partial charge in [0.25, 0.3) is 0 Å². The highest BCUT2D eigenvalue weighted by molar-refractivity contribution is 5.91. The Balaban J connectivity index is 1.50. The van der Waals surface area contributed by atoms with Crippen LogP contribution in [0.2, 0.25) is 0 Å². The summed E-state index contributed by atoms with van der Waals surface area (Å²) >= 11 is 0. The van der Waals surface area contributed by atoms with Crippen LogP contribution in [0.1, 0.15) is 5.56 Å². The maximum absolute atomic E-state index is 11.8. The summed E-state index contributed by atoms with van der Waals surface area (Å²) in [5, 5.41) is 14.8. The van der Waals surface area contributed by atoms with Crippen LogP contribution in [0.15, 0.2) is 48.8 Å². The van der Waals surface area contributed by atoms with Crippen molar-refractivity contribution in [2.24, 2.45) is 0 Å². The van der Waals surface area contributed by atoms with E-state index in [0.717, 1.165) is 16.6 Å². The summed E-state index contributed by atoms with van der Waals surface area (Å²) in [6.45, 7) is 0.517. The van der Waals surface area contributed by atoms with Crippen LogP contribution in [0.3, 0.4) is 0 Å². The highest BCUT2D eigenvalue weighted by Gasteiger charge is 2.03. The van der Waals surface area contributed by atoms with Crippen molar-refractivity contribution >= 4 is 22.8 Å². The molecule has 1 heterocycles. The average molecular weight is 296 g/mol. The van der Waals surface area contributed by atoms with Gasteiger partial charge in [-0.05, 0) is 42.3 Å². The van der Waals surface area contributed by atoms with Crippen molar-refractivity contribution in [3.8, 4) is 5.75 Å². The molecule has 22 heavy (non-hydrogen) atoms. The lowest BCUT2D eigenvalue weighted by Crippen LogP contribution is -2.30. The first-order chi connectivity index (χ1) is 10.7. The van der Waals surface area contributed by atoms with Crippen molar-refractivity contribution < 1.29 is 9.90 Å². The topological polar surface area (TPSA) is 90.0 Å². The van der Waals surface area contributed by atoms with E-state index in [0.29, 0.717) is 18.7 Å². The van der Waals surface area contributed by atoms with Gasteiger partial charge in [0.2, 0.25) is 0 Å². The highest BCUT2D eigenvalue weighted by Crippen LogP contribution is 2.15. The number of fused-ring (bicyclic) bond motifs is 1. The van der Waals surface area contributed by atoms with Crippen LogP contribution in [0.25, 0.3) is 11.0 Å². The number of H-pyrrole nitrogens is 1. The molecule has 0 spiro atoms. The maximum Gasteiger partial charge on any atom is 0.319 e. The number of aromatic nitrogens is 2. The van der Waals surface area contributed by atoms with E-state index in [1.54, 1.807) is 18.5 Å². The largest absolute Gasteiger partial charge is 0.508 e. The van der Waals surface area contributed by atoms with E-state index in [9.17, 15) is 9.90 Å². The van der Waals surface area contributed by atoms with E-state index in [1.165, 1.54) is 0 Å². The molecule has 0 radical (unpaired) electrons. The van der Waals surface area contributed by atoms with Gasteiger partial charge < -0.3 is 20.7 Å². The Morgan fingerprint density at radius 1 is 1.18 bits per heavy atom. The molecular formula is C16H16N4O2. The molecule has 0 aliphatic rings. The van der Waals surface area contributed by atoms with Crippen molar-refractivity contribution in [3.63, 3.8) is 0 Å². The molecule has 0 unspecified atom stereocenters. The molecule has 6 nitrogen and oxygen atoms in total. The standard InChI is InChI=1S/C16H16N4O2/c21-13-4-1-11(2-5-13)7-8-17-16(22)20-12-3-6-14-15(9-12)19-10-18-14/h1-6,9-10,21H,7-8H2,(H,18,19)(H2,17,20,22). The van der Waals surface area contributed by atoms with Crippen molar-refractivity contribution in [2.75, 3.05) is 11.9 Å². The number of benzene rings is 2. The molecule has 4 N–H and O–H groups in total. The fourth-order valence-corrected chi connectivity index (χ4v) is 2.17. The summed E-state index contributed by atoms with van der Waals surface area (Å²) < 4.78 is 0. The molecule has 112 valence electrons. The Bertz CT molecular complexity index is 780. The molecule has 3 rings (SSSR count). The fourth-order valence-electron chi connectivity index (χ4n) is 2.17. The second-order valence-corrected chi connectivity index (χ2v) is 4.93. The third-order valence-electron chi connectivity index (χ3n) is 3.31. The number of carbonyl (C=O) groups excluding carboxylic acids is 1. The van der Waals surface area contributed by atoms with Crippen LogP contribution in [-0.2, 0) is 6.42 Å². The molecule has 2 aromatic carbocycles. The maximum atomic E-state index is 11.8. The fraction of sp³-hybridized carbons (Fsp3) is 0.125. The van der Waals surface area contributed by atoms with Crippen LogP contribution >= 0.6 is 0 Å². The number of hydrogen-bond acceptors (Lipinski definition) is 3. The predicted molar refractivity (Wildman–Crippen MR) is 84.9 cm³/mol. The second-order valence-electron chi connectivity index (χ2n) is 4.93. The Morgan fingerprint density at radius 3 is 2.82 bits per heavy atom. The van der Waals surface area contributed by atoms with Crippen LogP contribution < -0.4 is 10.6 Å². The number of hydrogen-bond donors (Lipinski definition) is 4. The van der Waals surface area contributed by atoms with Crippen LogP contribution in [0, 0.1) is 0 Å². The quantitative estimate of drug-likeness (QED) is 0.596. The van der Waals surface area contributed by atoms with E-state index in [4.69, 9.17) is 0 Å². The molecule has 6 heteroatoms. The number of anilines is 1. The minimum atomic E-state index is -0.252. The van der Waals surface area contributed by atoms with Gasteiger partial charge in [0.1, 0.15) is 5.75 Å². The molecule has 0 aliphatic heterocycles. The van der Waals surface area contributed by atoms with Gasteiger partial charge in [0, 0.05) is 12.2 Å². The van der Waals surface area contributed by atoms with Crippen molar-refractivity contribution in [1.82, 2.24) is 15.3 Å². The summed E-state index contributed by atoms with van der Waals surface area (Å²) in [4.78, 5) is 19.0. The molecule has 0 atom stereocenters. The number of amides is 2. The summed E-state index contributed by atoms with van der Waals surface area (Å²) in [7, 11) is 0. The number of nitrogens with one attached hydrogen (secondary N) is 3. The Morgan fingerprint density at radius 2 is 2.00 bits per heavy atom. The van der Waals surface area contributed by atoms with Gasteiger partial charge >= 0.3 is 6.03 Å². The van der Waals surface area contributed by atoms with E-state index in [-0.39, 0.29) is 11.8 Å². The lowest BCUT2D eigenvalue weighted by molar-refractivity contribution is 0.252. The number of nitrogens with zero attached hydrogens (tertiary/aromatic N) is 1. The van der Waals surface area contributed by atoms with Gasteiger partial charge in [0.05, 0.1) is 17.4 Å². The van der Waals surface area contributed by atoms with E-state index >= 15 is 0 Å². The predicted octanol–water partition coefficient (Wildman–Crippen LogP) is 2.63. The summed E-state index contributed by atoms with van der Waals surface area (Å²) in [5.41, 5.74) is 3.50. The minimum Gasteiger partial charge on any atom is -0.508 e. The number of aromatic amines is 1. The van der Waals surface area contributed by atoms with Crippen molar-refractivity contribution in [2.45, 2.75) is 6.42 Å². The van der Waals surface area contributed by atoms with Gasteiger partial charge in [-0.15, -0.1) is 0 Å². The molecule has 1 aromatic heterocycles. The number of phenols is 1. The molecule has 2 amide bonds. The first-order valence-corrected chi connectivity index (χ1v) is 6.96. The minimum absolute atomic E-state index is 0.239. The normalized spacial score (nSPS) is 10.5. The van der Waals surface area contributed by atoms with Crippen LogP contribution in [0.4, 0.5) is 10.5 Å². The van der Waals surface area contributed by atoms with E-state index < -0.39 is 0 Å². The number of rotatable bonds is 4. The second kappa shape index (κ2) is 6.17. The molecule has 0 aliphatic carbocycles. The van der Waals surface area contributed by atoms with Gasteiger partial charge in [-0.1, -0.05) is 12.1 Å².